The van der Waals surface area contributed by atoms with Crippen molar-refractivity contribution in [1.29, 1.82) is 0 Å². The summed E-state index contributed by atoms with van der Waals surface area (Å²) in [5, 5.41) is 10.2. The summed E-state index contributed by atoms with van der Waals surface area (Å²) < 4.78 is 0. The van der Waals surface area contributed by atoms with E-state index in [0.29, 0.717) is 6.54 Å². The van der Waals surface area contributed by atoms with Crippen LogP contribution in [0.15, 0.2) is 42.0 Å². The summed E-state index contributed by atoms with van der Waals surface area (Å²) in [5.74, 6) is 0.950. The fourth-order valence-electron chi connectivity index (χ4n) is 3.08. The summed E-state index contributed by atoms with van der Waals surface area (Å²) in [4.78, 5) is 13.6. The van der Waals surface area contributed by atoms with E-state index in [0.717, 1.165) is 54.6 Å². The molecule has 1 aliphatic heterocycles. The van der Waals surface area contributed by atoms with Crippen LogP contribution < -0.4 is 10.6 Å². The first-order chi connectivity index (χ1) is 12.4. The average Bonchev–Trinajstić information content (AvgIpc) is 2.94. The molecule has 4 rings (SSSR count). The lowest BCUT2D eigenvalue weighted by Gasteiger charge is -2.11. The lowest BCUT2D eigenvalue weighted by molar-refractivity contribution is 0.708. The summed E-state index contributed by atoms with van der Waals surface area (Å²) >= 11 is 1.72. The van der Waals surface area contributed by atoms with Crippen molar-refractivity contribution in [2.75, 3.05) is 18.4 Å². The smallest absolute Gasteiger partial charge is 0.133 e. The van der Waals surface area contributed by atoms with Crippen molar-refractivity contribution in [2.45, 2.75) is 25.8 Å². The highest BCUT2D eigenvalue weighted by Crippen LogP contribution is 2.20. The fourth-order valence-corrected chi connectivity index (χ4v) is 3.91. The molecule has 0 spiro atoms. The Morgan fingerprint density at radius 1 is 1.08 bits per heavy atom. The van der Waals surface area contributed by atoms with Gasteiger partial charge in [0, 0.05) is 30.3 Å². The Kier molecular flexibility index (Phi) is 4.99. The Labute approximate surface area is 151 Å². The summed E-state index contributed by atoms with van der Waals surface area (Å²) in [6, 6.07) is 10.5. The maximum atomic E-state index is 4.75. The van der Waals surface area contributed by atoms with Crippen molar-refractivity contribution in [3.63, 3.8) is 0 Å². The predicted octanol–water partition coefficient (Wildman–Crippen LogP) is 2.82. The molecule has 2 N–H and O–H groups in total. The Morgan fingerprint density at radius 2 is 1.96 bits per heavy atom. The normalized spacial score (nSPS) is 13.9. The Hall–Kier alpha value is -2.31. The van der Waals surface area contributed by atoms with Gasteiger partial charge in [0.25, 0.3) is 0 Å². The molecule has 0 unspecified atom stereocenters. The first kappa shape index (κ1) is 16.2. The molecule has 1 aromatic carbocycles. The van der Waals surface area contributed by atoms with Crippen LogP contribution in [0.3, 0.4) is 0 Å². The van der Waals surface area contributed by atoms with Crippen LogP contribution in [0, 0.1) is 0 Å². The number of aromatic nitrogens is 3. The van der Waals surface area contributed by atoms with E-state index in [1.54, 1.807) is 17.7 Å². The molecular formula is C19H21N5S. The second-order valence-electron chi connectivity index (χ2n) is 6.15. The van der Waals surface area contributed by atoms with E-state index in [1.807, 2.05) is 6.07 Å². The van der Waals surface area contributed by atoms with Crippen LogP contribution >= 0.6 is 11.3 Å². The largest absolute Gasteiger partial charge is 0.364 e. The van der Waals surface area contributed by atoms with E-state index < -0.39 is 0 Å². The molecule has 0 radical (unpaired) electrons. The van der Waals surface area contributed by atoms with Crippen molar-refractivity contribution in [3.8, 4) is 0 Å². The SMILES string of the molecule is c1ccc(Cc2nc(CNc3ncnc4c3CCNCC4)cs2)cc1. The number of hydrogen-bond acceptors (Lipinski definition) is 6. The zero-order valence-electron chi connectivity index (χ0n) is 14.0. The van der Waals surface area contributed by atoms with E-state index >= 15 is 0 Å². The van der Waals surface area contributed by atoms with E-state index in [9.17, 15) is 0 Å². The van der Waals surface area contributed by atoms with Gasteiger partial charge in [0.05, 0.1) is 22.9 Å². The van der Waals surface area contributed by atoms with Gasteiger partial charge in [-0.05, 0) is 18.5 Å². The maximum Gasteiger partial charge on any atom is 0.133 e. The zero-order valence-corrected chi connectivity index (χ0v) is 14.9. The molecule has 5 nitrogen and oxygen atoms in total. The van der Waals surface area contributed by atoms with Crippen molar-refractivity contribution in [3.05, 3.63) is 69.6 Å². The first-order valence-corrected chi connectivity index (χ1v) is 9.51. The molecule has 25 heavy (non-hydrogen) atoms. The minimum Gasteiger partial charge on any atom is -0.364 e. The number of benzene rings is 1. The van der Waals surface area contributed by atoms with Crippen LogP contribution in [0.25, 0.3) is 0 Å². The summed E-state index contributed by atoms with van der Waals surface area (Å²) in [6.45, 7) is 2.66. The van der Waals surface area contributed by atoms with Gasteiger partial charge in [-0.3, -0.25) is 0 Å². The molecule has 0 saturated heterocycles. The van der Waals surface area contributed by atoms with Gasteiger partial charge < -0.3 is 10.6 Å². The molecule has 1 aliphatic rings. The van der Waals surface area contributed by atoms with E-state index in [-0.39, 0.29) is 0 Å². The topological polar surface area (TPSA) is 62.7 Å². The van der Waals surface area contributed by atoms with Gasteiger partial charge in [-0.15, -0.1) is 11.3 Å². The summed E-state index contributed by atoms with van der Waals surface area (Å²) in [6.07, 6.45) is 4.48. The standard InChI is InChI=1S/C19H21N5S/c1-2-4-14(5-3-1)10-18-24-15(12-25-18)11-21-19-16-6-8-20-9-7-17(16)22-13-23-19/h1-5,12-13,20H,6-11H2,(H,21,22,23). The zero-order chi connectivity index (χ0) is 16.9. The van der Waals surface area contributed by atoms with Crippen molar-refractivity contribution in [2.24, 2.45) is 0 Å². The molecule has 3 aromatic rings. The van der Waals surface area contributed by atoms with Gasteiger partial charge in [0.15, 0.2) is 0 Å². The maximum absolute atomic E-state index is 4.75. The fraction of sp³-hybridized carbons (Fsp3) is 0.316. The number of thiazole rings is 1. The number of anilines is 1. The number of fused-ring (bicyclic) bond motifs is 1. The lowest BCUT2D eigenvalue weighted by Crippen LogP contribution is -2.16. The van der Waals surface area contributed by atoms with Crippen molar-refractivity contribution >= 4 is 17.2 Å². The third-order valence-corrected chi connectivity index (χ3v) is 5.26. The number of nitrogens with zero attached hydrogens (tertiary/aromatic N) is 3. The van der Waals surface area contributed by atoms with Gasteiger partial charge in [-0.2, -0.15) is 0 Å². The quantitative estimate of drug-likeness (QED) is 0.740. The summed E-state index contributed by atoms with van der Waals surface area (Å²) in [7, 11) is 0. The third kappa shape index (κ3) is 4.03. The van der Waals surface area contributed by atoms with Gasteiger partial charge in [0.2, 0.25) is 0 Å². The molecule has 128 valence electrons. The highest BCUT2D eigenvalue weighted by Gasteiger charge is 2.14. The molecule has 0 bridgehead atoms. The lowest BCUT2D eigenvalue weighted by atomic mass is 10.1. The highest BCUT2D eigenvalue weighted by atomic mass is 32.1. The van der Waals surface area contributed by atoms with Crippen LogP contribution in [-0.4, -0.2) is 28.0 Å². The molecule has 0 fully saturated rings. The minimum absolute atomic E-state index is 0.697. The minimum atomic E-state index is 0.697. The molecule has 3 heterocycles. The van der Waals surface area contributed by atoms with E-state index in [4.69, 9.17) is 4.98 Å². The Balaban J connectivity index is 1.42. The predicted molar refractivity (Wildman–Crippen MR) is 101 cm³/mol. The summed E-state index contributed by atoms with van der Waals surface area (Å²) in [5.41, 5.74) is 4.76. The number of rotatable bonds is 5. The van der Waals surface area contributed by atoms with Crippen LogP contribution in [0.1, 0.15) is 27.5 Å². The van der Waals surface area contributed by atoms with Crippen molar-refractivity contribution in [1.82, 2.24) is 20.3 Å². The second kappa shape index (κ2) is 7.72. The van der Waals surface area contributed by atoms with Crippen LogP contribution in [0.5, 0.6) is 0 Å². The molecule has 0 saturated carbocycles. The van der Waals surface area contributed by atoms with E-state index in [2.05, 4.69) is 50.2 Å². The van der Waals surface area contributed by atoms with Crippen LogP contribution in [-0.2, 0) is 25.8 Å². The molecular weight excluding hydrogens is 330 g/mol. The molecule has 2 aromatic heterocycles. The monoisotopic (exact) mass is 351 g/mol. The van der Waals surface area contributed by atoms with Crippen molar-refractivity contribution < 1.29 is 0 Å². The van der Waals surface area contributed by atoms with E-state index in [1.165, 1.54) is 11.1 Å². The highest BCUT2D eigenvalue weighted by molar-refractivity contribution is 7.09. The Bertz CT molecular complexity index is 831. The Morgan fingerprint density at radius 3 is 2.88 bits per heavy atom. The second-order valence-corrected chi connectivity index (χ2v) is 7.09. The third-order valence-electron chi connectivity index (χ3n) is 4.36. The number of hydrogen-bond donors (Lipinski definition) is 2. The van der Waals surface area contributed by atoms with Gasteiger partial charge in [0.1, 0.15) is 12.1 Å². The molecule has 0 atom stereocenters. The van der Waals surface area contributed by atoms with Gasteiger partial charge in [-0.1, -0.05) is 30.3 Å². The van der Waals surface area contributed by atoms with Gasteiger partial charge >= 0.3 is 0 Å². The van der Waals surface area contributed by atoms with Crippen LogP contribution in [0.4, 0.5) is 5.82 Å². The first-order valence-electron chi connectivity index (χ1n) is 8.63. The molecule has 6 heteroatoms. The molecule has 0 aliphatic carbocycles. The average molecular weight is 351 g/mol. The number of nitrogens with one attached hydrogen (secondary N) is 2. The van der Waals surface area contributed by atoms with Gasteiger partial charge in [-0.25, -0.2) is 15.0 Å². The molecule has 0 amide bonds. The van der Waals surface area contributed by atoms with Crippen LogP contribution in [0.2, 0.25) is 0 Å².